The van der Waals surface area contributed by atoms with E-state index in [0.29, 0.717) is 12.1 Å². The van der Waals surface area contributed by atoms with Crippen LogP contribution >= 0.6 is 12.4 Å². The van der Waals surface area contributed by atoms with E-state index < -0.39 is 18.1 Å². The van der Waals surface area contributed by atoms with Crippen molar-refractivity contribution in [1.82, 2.24) is 5.32 Å². The summed E-state index contributed by atoms with van der Waals surface area (Å²) >= 11 is 0. The van der Waals surface area contributed by atoms with Crippen LogP contribution in [0.25, 0.3) is 0 Å². The summed E-state index contributed by atoms with van der Waals surface area (Å²) in [6.45, 7) is 2.15. The summed E-state index contributed by atoms with van der Waals surface area (Å²) in [6, 6.07) is 3.59. The van der Waals surface area contributed by atoms with Crippen LogP contribution in [0, 0.1) is 0 Å². The molecule has 1 aromatic rings. The lowest BCUT2D eigenvalue weighted by Crippen LogP contribution is -2.33. The van der Waals surface area contributed by atoms with E-state index in [1.807, 2.05) is 0 Å². The quantitative estimate of drug-likeness (QED) is 0.697. The molecule has 0 spiro atoms. The molecular weight excluding hydrogens is 300 g/mol. The van der Waals surface area contributed by atoms with Crippen molar-refractivity contribution in [3.8, 4) is 11.5 Å². The van der Waals surface area contributed by atoms with Crippen molar-refractivity contribution in [2.75, 3.05) is 13.7 Å². The van der Waals surface area contributed by atoms with Crippen molar-refractivity contribution in [2.24, 2.45) is 5.73 Å². The van der Waals surface area contributed by atoms with Gasteiger partial charge in [0.25, 0.3) is 0 Å². The van der Waals surface area contributed by atoms with Gasteiger partial charge in [-0.25, -0.2) is 4.79 Å². The van der Waals surface area contributed by atoms with Gasteiger partial charge in [0.05, 0.1) is 7.11 Å². The fourth-order valence-corrected chi connectivity index (χ4v) is 1.54. The Labute approximate surface area is 128 Å². The van der Waals surface area contributed by atoms with Crippen LogP contribution in [0.5, 0.6) is 11.5 Å². The van der Waals surface area contributed by atoms with Crippen molar-refractivity contribution in [3.63, 3.8) is 0 Å². The number of methoxy groups -OCH3 is 1. The molecule has 0 fully saturated rings. The molecule has 1 amide bonds. The first-order chi connectivity index (χ1) is 9.47. The lowest BCUT2D eigenvalue weighted by Gasteiger charge is -2.11. The number of esters is 1. The number of nitrogens with one attached hydrogen (secondary N) is 1. The molecule has 0 saturated carbocycles. The largest absolute Gasteiger partial charge is 0.504 e. The van der Waals surface area contributed by atoms with E-state index in [1.165, 1.54) is 19.2 Å². The summed E-state index contributed by atoms with van der Waals surface area (Å²) in [5, 5.41) is 12.1. The van der Waals surface area contributed by atoms with E-state index in [1.54, 1.807) is 13.0 Å². The second-order valence-corrected chi connectivity index (χ2v) is 4.06. The third kappa shape index (κ3) is 5.88. The Kier molecular flexibility index (Phi) is 8.18. The Morgan fingerprint density at radius 3 is 2.67 bits per heavy atom. The maximum Gasteiger partial charge on any atom is 0.412 e. The van der Waals surface area contributed by atoms with Crippen LogP contribution in [0.1, 0.15) is 12.5 Å². The molecular formula is C13H19ClN2O5. The lowest BCUT2D eigenvalue weighted by molar-refractivity contribution is -0.142. The first-order valence-electron chi connectivity index (χ1n) is 6.08. The number of carbonyl (C=O) groups excluding carboxylic acids is 2. The molecule has 4 N–H and O–H groups in total. The van der Waals surface area contributed by atoms with Gasteiger partial charge in [-0.2, -0.15) is 0 Å². The van der Waals surface area contributed by atoms with Crippen molar-refractivity contribution in [1.29, 1.82) is 0 Å². The zero-order valence-electron chi connectivity index (χ0n) is 11.8. The van der Waals surface area contributed by atoms with Gasteiger partial charge in [0, 0.05) is 6.54 Å². The minimum atomic E-state index is -0.818. The molecule has 0 bridgehead atoms. The minimum Gasteiger partial charge on any atom is -0.504 e. The van der Waals surface area contributed by atoms with Crippen molar-refractivity contribution < 1.29 is 24.2 Å². The second-order valence-electron chi connectivity index (χ2n) is 4.06. The second kappa shape index (κ2) is 9.04. The number of aromatic hydroxyl groups is 1. The van der Waals surface area contributed by atoms with Gasteiger partial charge in [-0.05, 0) is 31.0 Å². The van der Waals surface area contributed by atoms with Crippen LogP contribution in [0.15, 0.2) is 18.2 Å². The molecule has 7 nitrogen and oxygen atoms in total. The standard InChI is InChI=1S/C13H18N2O5.ClH/c1-3-15-13(18)20-11-7-8(4-5-10(11)16)6-9(14)12(17)19-2;/h4-5,7,9,16H,3,6,14H2,1-2H3,(H,15,18);1H. The molecule has 1 unspecified atom stereocenters. The van der Waals surface area contributed by atoms with E-state index in [0.717, 1.165) is 0 Å². The third-order valence-corrected chi connectivity index (χ3v) is 2.51. The molecule has 21 heavy (non-hydrogen) atoms. The van der Waals surface area contributed by atoms with E-state index in [-0.39, 0.29) is 30.3 Å². The molecule has 0 aliphatic rings. The van der Waals surface area contributed by atoms with Crippen LogP contribution in [0.4, 0.5) is 4.79 Å². The van der Waals surface area contributed by atoms with Crippen molar-refractivity contribution in [2.45, 2.75) is 19.4 Å². The number of carbonyl (C=O) groups is 2. The molecule has 0 heterocycles. The molecule has 0 aromatic heterocycles. The summed E-state index contributed by atoms with van der Waals surface area (Å²) in [5.41, 5.74) is 6.28. The zero-order chi connectivity index (χ0) is 15.1. The predicted molar refractivity (Wildman–Crippen MR) is 78.8 cm³/mol. The first kappa shape index (κ1) is 19.0. The van der Waals surface area contributed by atoms with E-state index in [4.69, 9.17) is 10.5 Å². The van der Waals surface area contributed by atoms with Crippen LogP contribution in [0.3, 0.4) is 0 Å². The SMILES string of the molecule is CCNC(=O)Oc1cc(CC(N)C(=O)OC)ccc1O.Cl. The molecule has 0 aliphatic carbocycles. The monoisotopic (exact) mass is 318 g/mol. The van der Waals surface area contributed by atoms with Crippen LogP contribution in [-0.2, 0) is 16.0 Å². The highest BCUT2D eigenvalue weighted by Gasteiger charge is 2.16. The van der Waals surface area contributed by atoms with Gasteiger partial charge < -0.3 is 25.6 Å². The number of rotatable bonds is 5. The maximum absolute atomic E-state index is 11.3. The summed E-state index contributed by atoms with van der Waals surface area (Å²) in [4.78, 5) is 22.5. The molecule has 1 aromatic carbocycles. The molecule has 0 aliphatic heterocycles. The van der Waals surface area contributed by atoms with Crippen molar-refractivity contribution >= 4 is 24.5 Å². The van der Waals surface area contributed by atoms with E-state index in [9.17, 15) is 14.7 Å². The van der Waals surface area contributed by atoms with Gasteiger partial charge in [0.1, 0.15) is 6.04 Å². The molecule has 0 saturated heterocycles. The number of benzene rings is 1. The maximum atomic E-state index is 11.3. The highest BCUT2D eigenvalue weighted by Crippen LogP contribution is 2.27. The average Bonchev–Trinajstić information content (AvgIpc) is 2.41. The highest BCUT2D eigenvalue weighted by atomic mass is 35.5. The topological polar surface area (TPSA) is 111 Å². The van der Waals surface area contributed by atoms with Gasteiger partial charge in [0.15, 0.2) is 11.5 Å². The first-order valence-corrected chi connectivity index (χ1v) is 6.08. The Balaban J connectivity index is 0.00000400. The fourth-order valence-electron chi connectivity index (χ4n) is 1.54. The number of ether oxygens (including phenoxy) is 2. The van der Waals surface area contributed by atoms with E-state index >= 15 is 0 Å². The summed E-state index contributed by atoms with van der Waals surface area (Å²) in [7, 11) is 1.25. The van der Waals surface area contributed by atoms with Crippen LogP contribution in [-0.4, -0.2) is 36.9 Å². The number of nitrogens with two attached hydrogens (primary N) is 1. The number of hydrogen-bond acceptors (Lipinski definition) is 6. The normalized spacial score (nSPS) is 11.0. The van der Waals surface area contributed by atoms with Crippen molar-refractivity contribution in [3.05, 3.63) is 23.8 Å². The molecule has 1 atom stereocenters. The smallest absolute Gasteiger partial charge is 0.412 e. The zero-order valence-corrected chi connectivity index (χ0v) is 12.6. The predicted octanol–water partition coefficient (Wildman–Crippen LogP) is 0.965. The number of phenols is 1. The Morgan fingerprint density at radius 2 is 2.10 bits per heavy atom. The molecule has 0 radical (unpaired) electrons. The Hall–Kier alpha value is -1.99. The molecule has 8 heteroatoms. The number of amides is 1. The number of halogens is 1. The fraction of sp³-hybridized carbons (Fsp3) is 0.385. The average molecular weight is 319 g/mol. The van der Waals surface area contributed by atoms with Gasteiger partial charge in [0.2, 0.25) is 0 Å². The van der Waals surface area contributed by atoms with Crippen LogP contribution in [0.2, 0.25) is 0 Å². The van der Waals surface area contributed by atoms with Gasteiger partial charge in [-0.1, -0.05) is 6.07 Å². The summed E-state index contributed by atoms with van der Waals surface area (Å²) in [5.74, 6) is -0.707. The minimum absolute atomic E-state index is 0. The van der Waals surface area contributed by atoms with E-state index in [2.05, 4.69) is 10.1 Å². The lowest BCUT2D eigenvalue weighted by atomic mass is 10.1. The third-order valence-electron chi connectivity index (χ3n) is 2.51. The Bertz CT molecular complexity index is 495. The summed E-state index contributed by atoms with van der Waals surface area (Å²) < 4.78 is 9.46. The molecule has 1 rings (SSSR count). The number of hydrogen-bond donors (Lipinski definition) is 3. The highest BCUT2D eigenvalue weighted by molar-refractivity contribution is 5.85. The van der Waals surface area contributed by atoms with Gasteiger partial charge in [-0.3, -0.25) is 4.79 Å². The number of phenolic OH excluding ortho intramolecular Hbond substituents is 1. The van der Waals surface area contributed by atoms with Gasteiger partial charge in [-0.15, -0.1) is 12.4 Å². The molecule has 118 valence electrons. The van der Waals surface area contributed by atoms with Crippen LogP contribution < -0.4 is 15.8 Å². The Morgan fingerprint density at radius 1 is 1.43 bits per heavy atom. The summed E-state index contributed by atoms with van der Waals surface area (Å²) in [6.07, 6.45) is -0.462. The van der Waals surface area contributed by atoms with Gasteiger partial charge >= 0.3 is 12.1 Å².